The van der Waals surface area contributed by atoms with Crippen molar-refractivity contribution in [1.29, 1.82) is 0 Å². The number of carbonyl (C=O) groups excluding carboxylic acids is 1. The quantitative estimate of drug-likeness (QED) is 0.339. The first-order valence-corrected chi connectivity index (χ1v) is 10.5. The lowest BCUT2D eigenvalue weighted by atomic mass is 10.1. The molecule has 32 heavy (non-hydrogen) atoms. The Morgan fingerprint density at radius 1 is 1.09 bits per heavy atom. The molecule has 0 spiro atoms. The molecule has 174 valence electrons. The van der Waals surface area contributed by atoms with Gasteiger partial charge in [0.15, 0.2) is 5.96 Å². The van der Waals surface area contributed by atoms with Crippen LogP contribution in [0.15, 0.2) is 47.5 Å². The van der Waals surface area contributed by atoms with Crippen molar-refractivity contribution < 1.29 is 18.3 Å². The summed E-state index contributed by atoms with van der Waals surface area (Å²) in [6.07, 6.45) is 0. The van der Waals surface area contributed by atoms with E-state index in [0.29, 0.717) is 30.3 Å². The van der Waals surface area contributed by atoms with Gasteiger partial charge in [0, 0.05) is 30.4 Å². The number of aliphatic imine (C=N–C) groups is 1. The Kier molecular flexibility index (Phi) is 9.72. The number of guanidine groups is 1. The van der Waals surface area contributed by atoms with Crippen molar-refractivity contribution in [2.45, 2.75) is 53.4 Å². The van der Waals surface area contributed by atoms with Crippen LogP contribution in [0.2, 0.25) is 0 Å². The van der Waals surface area contributed by atoms with Crippen molar-refractivity contribution in [3.63, 3.8) is 0 Å². The molecule has 0 aliphatic heterocycles. The van der Waals surface area contributed by atoms with Crippen LogP contribution in [0.1, 0.15) is 37.5 Å². The molecule has 2 aromatic rings. The van der Waals surface area contributed by atoms with Gasteiger partial charge in [-0.3, -0.25) is 0 Å². The maximum absolute atomic E-state index is 12.7. The topological polar surface area (TPSA) is 86.8 Å². The molecule has 0 fully saturated rings. The molecule has 0 aromatic heterocycles. The Bertz CT molecular complexity index is 902. The van der Waals surface area contributed by atoms with Gasteiger partial charge in [-0.25, -0.2) is 9.79 Å². The summed E-state index contributed by atoms with van der Waals surface area (Å²) in [5.41, 5.74) is 3.20. The largest absolute Gasteiger partial charge is 0.434 e. The van der Waals surface area contributed by atoms with Crippen LogP contribution in [-0.2, 0) is 13.1 Å². The highest BCUT2D eigenvalue weighted by Crippen LogP contribution is 2.22. The van der Waals surface area contributed by atoms with E-state index in [1.165, 1.54) is 0 Å². The fraction of sp³-hybridized carbons (Fsp3) is 0.391. The van der Waals surface area contributed by atoms with Crippen LogP contribution in [0.4, 0.5) is 19.3 Å². The predicted octanol–water partition coefficient (Wildman–Crippen LogP) is 4.38. The normalized spacial score (nSPS) is 11.4. The average Bonchev–Trinajstić information content (AvgIpc) is 2.72. The van der Waals surface area contributed by atoms with E-state index in [0.717, 1.165) is 11.1 Å². The van der Waals surface area contributed by atoms with Gasteiger partial charge in [-0.15, -0.1) is 0 Å². The van der Waals surface area contributed by atoms with Gasteiger partial charge < -0.3 is 26.0 Å². The zero-order chi connectivity index (χ0) is 23.5. The van der Waals surface area contributed by atoms with Gasteiger partial charge in [-0.2, -0.15) is 8.78 Å². The number of amides is 2. The van der Waals surface area contributed by atoms with E-state index >= 15 is 0 Å². The maximum Gasteiger partial charge on any atom is 0.387 e. The van der Waals surface area contributed by atoms with Gasteiger partial charge in [0.25, 0.3) is 0 Å². The second kappa shape index (κ2) is 12.5. The van der Waals surface area contributed by atoms with Crippen LogP contribution < -0.4 is 26.0 Å². The molecule has 2 aromatic carbocycles. The van der Waals surface area contributed by atoms with E-state index in [9.17, 15) is 13.6 Å². The maximum atomic E-state index is 12.7. The molecular formula is C23H31F2N5O2. The number of anilines is 1. The Balaban J connectivity index is 2.00. The summed E-state index contributed by atoms with van der Waals surface area (Å²) in [6.45, 7) is 6.06. The minimum absolute atomic E-state index is 0.0541. The predicted molar refractivity (Wildman–Crippen MR) is 123 cm³/mol. The minimum atomic E-state index is -2.88. The number of rotatable bonds is 9. The molecule has 0 aliphatic rings. The van der Waals surface area contributed by atoms with Gasteiger partial charge in [-0.1, -0.05) is 29.8 Å². The first-order valence-electron chi connectivity index (χ1n) is 10.5. The highest BCUT2D eigenvalue weighted by atomic mass is 19.3. The Hall–Kier alpha value is -3.36. The van der Waals surface area contributed by atoms with E-state index in [4.69, 9.17) is 0 Å². The third kappa shape index (κ3) is 8.79. The highest BCUT2D eigenvalue weighted by molar-refractivity contribution is 5.89. The number of benzene rings is 2. The lowest BCUT2D eigenvalue weighted by molar-refractivity contribution is -0.0504. The number of urea groups is 1. The van der Waals surface area contributed by atoms with Gasteiger partial charge in [0.1, 0.15) is 5.75 Å². The number of ether oxygens (including phenoxy) is 1. The Morgan fingerprint density at radius 2 is 1.81 bits per heavy atom. The third-order valence-electron chi connectivity index (χ3n) is 4.27. The van der Waals surface area contributed by atoms with Crippen LogP contribution in [0, 0.1) is 6.92 Å². The number of halogens is 2. The molecule has 2 amide bonds. The molecule has 0 saturated heterocycles. The number of alkyl halides is 2. The smallest absolute Gasteiger partial charge is 0.387 e. The van der Waals surface area contributed by atoms with Crippen molar-refractivity contribution in [2.75, 3.05) is 11.9 Å². The fourth-order valence-corrected chi connectivity index (χ4v) is 2.87. The number of carbonyl (C=O) groups is 1. The van der Waals surface area contributed by atoms with E-state index < -0.39 is 6.61 Å². The summed E-state index contributed by atoms with van der Waals surface area (Å²) in [6, 6.07) is 12.3. The SMILES string of the molecule is CCNC(=NCc1ccc(NC(=O)NC(C)C)cc1)NCc1cc(C)ccc1OC(F)F. The molecule has 0 atom stereocenters. The molecule has 0 radical (unpaired) electrons. The molecule has 7 nitrogen and oxygen atoms in total. The van der Waals surface area contributed by atoms with Crippen molar-refractivity contribution in [1.82, 2.24) is 16.0 Å². The summed E-state index contributed by atoms with van der Waals surface area (Å²) in [4.78, 5) is 16.3. The van der Waals surface area contributed by atoms with Gasteiger partial charge in [0.05, 0.1) is 6.54 Å². The van der Waals surface area contributed by atoms with Crippen molar-refractivity contribution >= 4 is 17.7 Å². The van der Waals surface area contributed by atoms with E-state index in [2.05, 4.69) is 31.0 Å². The average molecular weight is 448 g/mol. The van der Waals surface area contributed by atoms with Gasteiger partial charge in [0.2, 0.25) is 0 Å². The van der Waals surface area contributed by atoms with Crippen LogP contribution in [0.25, 0.3) is 0 Å². The number of nitrogens with one attached hydrogen (secondary N) is 4. The molecule has 0 saturated carbocycles. The van der Waals surface area contributed by atoms with Crippen molar-refractivity contribution in [2.24, 2.45) is 4.99 Å². The third-order valence-corrected chi connectivity index (χ3v) is 4.27. The van der Waals surface area contributed by atoms with Crippen LogP contribution in [-0.4, -0.2) is 31.2 Å². The fourth-order valence-electron chi connectivity index (χ4n) is 2.87. The van der Waals surface area contributed by atoms with Crippen LogP contribution >= 0.6 is 0 Å². The molecule has 0 unspecified atom stereocenters. The summed E-state index contributed by atoms with van der Waals surface area (Å²) in [7, 11) is 0. The number of nitrogens with zero attached hydrogens (tertiary/aromatic N) is 1. The highest BCUT2D eigenvalue weighted by Gasteiger charge is 2.10. The van der Waals surface area contributed by atoms with Crippen LogP contribution in [0.5, 0.6) is 5.75 Å². The molecule has 2 rings (SSSR count). The standard InChI is InChI=1S/C23H31F2N5O2/c1-5-26-22(28-14-18-12-16(4)6-11-20(18)32-21(24)25)27-13-17-7-9-19(10-8-17)30-23(31)29-15(2)3/h6-12,15,21H,5,13-14H2,1-4H3,(H2,26,27,28)(H2,29,30,31). The second-order valence-electron chi connectivity index (χ2n) is 7.49. The molecule has 9 heteroatoms. The van der Waals surface area contributed by atoms with E-state index in [1.54, 1.807) is 18.2 Å². The summed E-state index contributed by atoms with van der Waals surface area (Å²) in [5.74, 6) is 0.689. The molecule has 0 bridgehead atoms. The molecule has 0 heterocycles. The second-order valence-corrected chi connectivity index (χ2v) is 7.49. The van der Waals surface area contributed by atoms with Gasteiger partial charge >= 0.3 is 12.6 Å². The zero-order valence-corrected chi connectivity index (χ0v) is 18.8. The molecule has 4 N–H and O–H groups in total. The number of aryl methyl sites for hydroxylation is 1. The number of hydrogen-bond acceptors (Lipinski definition) is 3. The van der Waals surface area contributed by atoms with E-state index in [-0.39, 0.29) is 24.4 Å². The Morgan fingerprint density at radius 3 is 2.44 bits per heavy atom. The summed E-state index contributed by atoms with van der Waals surface area (Å²) < 4.78 is 30.0. The monoisotopic (exact) mass is 447 g/mol. The lowest BCUT2D eigenvalue weighted by Gasteiger charge is -2.15. The first kappa shape index (κ1) is 24.9. The summed E-state index contributed by atoms with van der Waals surface area (Å²) in [5, 5.41) is 11.8. The van der Waals surface area contributed by atoms with E-state index in [1.807, 2.05) is 52.0 Å². The van der Waals surface area contributed by atoms with Crippen molar-refractivity contribution in [3.05, 3.63) is 59.2 Å². The molecular weight excluding hydrogens is 416 g/mol. The van der Waals surface area contributed by atoms with Gasteiger partial charge in [-0.05, 0) is 51.5 Å². The first-order chi connectivity index (χ1) is 15.3. The Labute approximate surface area is 187 Å². The molecule has 0 aliphatic carbocycles. The summed E-state index contributed by atoms with van der Waals surface area (Å²) >= 11 is 0. The minimum Gasteiger partial charge on any atom is -0.434 e. The van der Waals surface area contributed by atoms with Crippen LogP contribution in [0.3, 0.4) is 0 Å². The number of hydrogen-bond donors (Lipinski definition) is 4. The zero-order valence-electron chi connectivity index (χ0n) is 18.8. The van der Waals surface area contributed by atoms with Crippen molar-refractivity contribution in [3.8, 4) is 5.75 Å². The lowest BCUT2D eigenvalue weighted by Crippen LogP contribution is -2.37.